The molecule has 0 unspecified atom stereocenters. The topological polar surface area (TPSA) is 81.9 Å². The lowest BCUT2D eigenvalue weighted by molar-refractivity contribution is 0.0952. The van der Waals surface area contributed by atoms with Gasteiger partial charge >= 0.3 is 0 Å². The second-order valence-electron chi connectivity index (χ2n) is 5.40. The number of fused-ring (bicyclic) bond motifs is 1. The lowest BCUT2D eigenvalue weighted by Gasteiger charge is -2.07. The zero-order valence-corrected chi connectivity index (χ0v) is 13.0. The quantitative estimate of drug-likeness (QED) is 0.511. The number of nitrogens with zero attached hydrogens (tertiary/aromatic N) is 1. The van der Waals surface area contributed by atoms with E-state index >= 15 is 0 Å². The first kappa shape index (κ1) is 15.6. The van der Waals surface area contributed by atoms with Crippen molar-refractivity contribution in [1.29, 1.82) is 0 Å². The van der Waals surface area contributed by atoms with Gasteiger partial charge in [0.2, 0.25) is 0 Å². The van der Waals surface area contributed by atoms with E-state index in [1.807, 2.05) is 24.3 Å². The summed E-state index contributed by atoms with van der Waals surface area (Å²) in [7, 11) is 0. The van der Waals surface area contributed by atoms with Crippen molar-refractivity contribution in [2.45, 2.75) is 6.92 Å². The molecular formula is C19H16N2O3. The van der Waals surface area contributed by atoms with Crippen LogP contribution in [0, 0.1) is 0 Å². The summed E-state index contributed by atoms with van der Waals surface area (Å²) in [6.45, 7) is 1.74. The van der Waals surface area contributed by atoms with E-state index in [0.29, 0.717) is 5.71 Å². The molecule has 0 bridgehead atoms. The van der Waals surface area contributed by atoms with Crippen molar-refractivity contribution >= 4 is 22.4 Å². The normalized spacial score (nSPS) is 11.5. The van der Waals surface area contributed by atoms with Gasteiger partial charge in [0.05, 0.1) is 11.3 Å². The number of hydrazone groups is 1. The third-order valence-electron chi connectivity index (χ3n) is 3.72. The first-order valence-corrected chi connectivity index (χ1v) is 7.40. The van der Waals surface area contributed by atoms with E-state index in [-0.39, 0.29) is 17.1 Å². The van der Waals surface area contributed by atoms with Gasteiger partial charge in [0.1, 0.15) is 11.5 Å². The van der Waals surface area contributed by atoms with Crippen molar-refractivity contribution < 1.29 is 15.0 Å². The fourth-order valence-corrected chi connectivity index (χ4v) is 2.37. The maximum absolute atomic E-state index is 12.3. The van der Waals surface area contributed by atoms with Gasteiger partial charge in [-0.3, -0.25) is 4.79 Å². The summed E-state index contributed by atoms with van der Waals surface area (Å²) in [5.74, 6) is -0.420. The molecule has 24 heavy (non-hydrogen) atoms. The predicted octanol–water partition coefficient (Wildman–Crippen LogP) is 3.41. The summed E-state index contributed by atoms with van der Waals surface area (Å²) in [6.07, 6.45) is 0. The Hall–Kier alpha value is -3.34. The largest absolute Gasteiger partial charge is 0.508 e. The molecule has 0 spiro atoms. The molecule has 0 saturated heterocycles. The number of benzene rings is 3. The molecule has 0 radical (unpaired) electrons. The minimum atomic E-state index is -0.489. The minimum Gasteiger partial charge on any atom is -0.508 e. The molecule has 5 nitrogen and oxygen atoms in total. The molecule has 0 fully saturated rings. The van der Waals surface area contributed by atoms with Gasteiger partial charge < -0.3 is 10.2 Å². The molecule has 3 aromatic rings. The number of phenolic OH excluding ortho intramolecular Hbond substituents is 2. The van der Waals surface area contributed by atoms with E-state index in [2.05, 4.69) is 10.5 Å². The molecule has 5 heteroatoms. The zero-order chi connectivity index (χ0) is 17.1. The molecule has 0 saturated carbocycles. The predicted molar refractivity (Wildman–Crippen MR) is 93.4 cm³/mol. The standard InChI is InChI=1S/C19H16N2O3/c1-12(13-6-8-16(22)9-7-13)20-21-19(24)17-10-14-4-2-3-5-15(14)11-18(17)23/h2-11,22-23H,1H3,(H,21,24)/b20-12-. The maximum atomic E-state index is 12.3. The zero-order valence-electron chi connectivity index (χ0n) is 13.0. The van der Waals surface area contributed by atoms with Crippen molar-refractivity contribution in [2.24, 2.45) is 5.10 Å². The number of carbonyl (C=O) groups excluding carboxylic acids is 1. The van der Waals surface area contributed by atoms with Gasteiger partial charge in [-0.05, 0) is 59.7 Å². The molecule has 0 heterocycles. The summed E-state index contributed by atoms with van der Waals surface area (Å²) in [4.78, 5) is 12.3. The van der Waals surface area contributed by atoms with Crippen LogP contribution < -0.4 is 5.43 Å². The minimum absolute atomic E-state index is 0.0938. The van der Waals surface area contributed by atoms with E-state index in [9.17, 15) is 15.0 Å². The number of hydrogen-bond acceptors (Lipinski definition) is 4. The number of amides is 1. The number of hydrogen-bond donors (Lipinski definition) is 3. The SMILES string of the molecule is C/C(=N/NC(=O)c1cc2ccccc2cc1O)c1ccc(O)cc1. The van der Waals surface area contributed by atoms with Crippen LogP contribution in [0.15, 0.2) is 65.8 Å². The lowest BCUT2D eigenvalue weighted by Crippen LogP contribution is -2.19. The third kappa shape index (κ3) is 3.20. The Bertz CT molecular complexity index is 931. The second-order valence-corrected chi connectivity index (χ2v) is 5.40. The Balaban J connectivity index is 1.83. The van der Waals surface area contributed by atoms with Crippen LogP contribution in [0.5, 0.6) is 11.5 Å². The van der Waals surface area contributed by atoms with Gasteiger partial charge in [-0.25, -0.2) is 5.43 Å². The molecule has 0 aliphatic heterocycles. The Morgan fingerprint density at radius 1 is 0.958 bits per heavy atom. The van der Waals surface area contributed by atoms with Crippen LogP contribution in [-0.2, 0) is 0 Å². The summed E-state index contributed by atoms with van der Waals surface area (Å²) < 4.78 is 0. The van der Waals surface area contributed by atoms with Gasteiger partial charge in [0.15, 0.2) is 0 Å². The number of phenols is 2. The highest BCUT2D eigenvalue weighted by Gasteiger charge is 2.12. The summed E-state index contributed by atoms with van der Waals surface area (Å²) in [5.41, 5.74) is 3.97. The molecule has 120 valence electrons. The van der Waals surface area contributed by atoms with E-state index in [1.54, 1.807) is 43.3 Å². The Morgan fingerprint density at radius 3 is 2.25 bits per heavy atom. The molecule has 3 rings (SSSR count). The van der Waals surface area contributed by atoms with Gasteiger partial charge in [-0.15, -0.1) is 0 Å². The van der Waals surface area contributed by atoms with Crippen molar-refractivity contribution in [2.75, 3.05) is 0 Å². The number of carbonyl (C=O) groups is 1. The average Bonchev–Trinajstić information content (AvgIpc) is 2.59. The Morgan fingerprint density at radius 2 is 1.58 bits per heavy atom. The Kier molecular flexibility index (Phi) is 4.16. The fourth-order valence-electron chi connectivity index (χ4n) is 2.37. The third-order valence-corrected chi connectivity index (χ3v) is 3.72. The molecule has 3 aromatic carbocycles. The summed E-state index contributed by atoms with van der Waals surface area (Å²) in [6, 6.07) is 17.2. The number of rotatable bonds is 3. The van der Waals surface area contributed by atoms with Crippen LogP contribution in [0.3, 0.4) is 0 Å². The average molecular weight is 320 g/mol. The fraction of sp³-hybridized carbons (Fsp3) is 0.0526. The van der Waals surface area contributed by atoms with Gasteiger partial charge in [-0.2, -0.15) is 5.10 Å². The highest BCUT2D eigenvalue weighted by Crippen LogP contribution is 2.24. The first-order chi connectivity index (χ1) is 11.5. The van der Waals surface area contributed by atoms with Gasteiger partial charge in [0.25, 0.3) is 5.91 Å². The van der Waals surface area contributed by atoms with Crippen LogP contribution in [0.25, 0.3) is 10.8 Å². The highest BCUT2D eigenvalue weighted by atomic mass is 16.3. The van der Waals surface area contributed by atoms with Gasteiger partial charge in [-0.1, -0.05) is 24.3 Å². The monoisotopic (exact) mass is 320 g/mol. The molecule has 0 aliphatic rings. The Labute approximate surface area is 138 Å². The summed E-state index contributed by atoms with van der Waals surface area (Å²) >= 11 is 0. The van der Waals surface area contributed by atoms with Crippen molar-refractivity contribution in [3.05, 3.63) is 71.8 Å². The van der Waals surface area contributed by atoms with E-state index in [4.69, 9.17) is 0 Å². The number of aromatic hydroxyl groups is 2. The summed E-state index contributed by atoms with van der Waals surface area (Å²) in [5, 5.41) is 25.1. The van der Waals surface area contributed by atoms with Crippen LogP contribution in [0.1, 0.15) is 22.8 Å². The molecule has 0 atom stereocenters. The van der Waals surface area contributed by atoms with Crippen molar-refractivity contribution in [3.8, 4) is 11.5 Å². The van der Waals surface area contributed by atoms with Gasteiger partial charge in [0, 0.05) is 0 Å². The van der Waals surface area contributed by atoms with E-state index in [1.165, 1.54) is 0 Å². The first-order valence-electron chi connectivity index (χ1n) is 7.40. The number of nitrogens with one attached hydrogen (secondary N) is 1. The molecule has 0 aromatic heterocycles. The van der Waals surface area contributed by atoms with Crippen molar-refractivity contribution in [3.63, 3.8) is 0 Å². The van der Waals surface area contributed by atoms with E-state index < -0.39 is 5.91 Å². The molecule has 0 aliphatic carbocycles. The van der Waals surface area contributed by atoms with Crippen LogP contribution in [-0.4, -0.2) is 21.8 Å². The van der Waals surface area contributed by atoms with Crippen LogP contribution in [0.4, 0.5) is 0 Å². The highest BCUT2D eigenvalue weighted by molar-refractivity contribution is 6.03. The molecular weight excluding hydrogens is 304 g/mol. The maximum Gasteiger partial charge on any atom is 0.275 e. The molecule has 3 N–H and O–H groups in total. The van der Waals surface area contributed by atoms with Crippen LogP contribution in [0.2, 0.25) is 0 Å². The second kappa shape index (κ2) is 6.42. The molecule has 1 amide bonds. The van der Waals surface area contributed by atoms with Crippen molar-refractivity contribution in [1.82, 2.24) is 5.43 Å². The lowest BCUT2D eigenvalue weighted by atomic mass is 10.1. The smallest absolute Gasteiger partial charge is 0.275 e. The van der Waals surface area contributed by atoms with Crippen LogP contribution >= 0.6 is 0 Å². The van der Waals surface area contributed by atoms with E-state index in [0.717, 1.165) is 16.3 Å².